The largest absolute Gasteiger partial charge is 0.454 e. The van der Waals surface area contributed by atoms with Gasteiger partial charge in [-0.2, -0.15) is 0 Å². The second-order valence-corrected chi connectivity index (χ2v) is 8.28. The Morgan fingerprint density at radius 3 is 2.21 bits per heavy atom. The van der Waals surface area contributed by atoms with Gasteiger partial charge in [0.1, 0.15) is 0 Å². The molecule has 2 amide bonds. The van der Waals surface area contributed by atoms with Gasteiger partial charge in [-0.3, -0.25) is 19.3 Å². The lowest BCUT2D eigenvalue weighted by molar-refractivity contribution is -0.122. The van der Waals surface area contributed by atoms with E-state index in [9.17, 15) is 19.2 Å². The number of imide groups is 1. The van der Waals surface area contributed by atoms with Crippen LogP contribution in [0.3, 0.4) is 0 Å². The van der Waals surface area contributed by atoms with E-state index in [-0.39, 0.29) is 35.0 Å². The van der Waals surface area contributed by atoms with E-state index in [1.54, 1.807) is 24.3 Å². The number of allylic oxidation sites excluding steroid dienone is 2. The number of benzene rings is 3. The van der Waals surface area contributed by atoms with Crippen LogP contribution in [0.2, 0.25) is 0 Å². The van der Waals surface area contributed by atoms with Crippen LogP contribution in [0.15, 0.2) is 78.9 Å². The molecular weight excluding hydrogens is 418 g/mol. The standard InChI is InChI=1S/C27H21NO5/c29-24(19-13-12-17-6-1-2-7-18(17)14-19)16-33-27(32)20-8-5-9-21(15-20)28-25(30)22-10-3-4-11-23(22)26(28)31/h1-9,12-15,22-23H,10-11,16H2/t22-,23+. The molecule has 0 bridgehead atoms. The molecule has 3 aromatic carbocycles. The minimum Gasteiger partial charge on any atom is -0.454 e. The van der Waals surface area contributed by atoms with Crippen molar-refractivity contribution in [3.8, 4) is 0 Å². The summed E-state index contributed by atoms with van der Waals surface area (Å²) in [6.45, 7) is -0.404. The maximum absolute atomic E-state index is 12.8. The van der Waals surface area contributed by atoms with Gasteiger partial charge in [0.15, 0.2) is 12.4 Å². The van der Waals surface area contributed by atoms with Gasteiger partial charge in [0, 0.05) is 5.56 Å². The number of ether oxygens (including phenoxy) is 1. The highest BCUT2D eigenvalue weighted by Crippen LogP contribution is 2.37. The summed E-state index contributed by atoms with van der Waals surface area (Å²) in [5.41, 5.74) is 0.974. The third kappa shape index (κ3) is 3.84. The van der Waals surface area contributed by atoms with E-state index in [4.69, 9.17) is 4.74 Å². The van der Waals surface area contributed by atoms with Crippen molar-refractivity contribution in [2.45, 2.75) is 12.8 Å². The van der Waals surface area contributed by atoms with Gasteiger partial charge in [0.2, 0.25) is 11.8 Å². The number of amides is 2. The van der Waals surface area contributed by atoms with Gasteiger partial charge < -0.3 is 4.74 Å². The first-order valence-corrected chi connectivity index (χ1v) is 10.8. The molecule has 0 N–H and O–H groups in total. The summed E-state index contributed by atoms with van der Waals surface area (Å²) in [5.74, 6) is -2.19. The van der Waals surface area contributed by atoms with Crippen molar-refractivity contribution in [2.24, 2.45) is 11.8 Å². The number of esters is 1. The van der Waals surface area contributed by atoms with E-state index < -0.39 is 12.6 Å². The number of hydrogen-bond acceptors (Lipinski definition) is 5. The zero-order chi connectivity index (χ0) is 22.9. The number of nitrogens with zero attached hydrogens (tertiary/aromatic N) is 1. The number of carbonyl (C=O) groups is 4. The van der Waals surface area contributed by atoms with Gasteiger partial charge in [-0.25, -0.2) is 4.79 Å². The van der Waals surface area contributed by atoms with Crippen molar-refractivity contribution < 1.29 is 23.9 Å². The number of fused-ring (bicyclic) bond motifs is 2. The summed E-state index contributed by atoms with van der Waals surface area (Å²) in [5, 5.41) is 1.95. The lowest BCUT2D eigenvalue weighted by atomic mass is 9.85. The average Bonchev–Trinajstić information content (AvgIpc) is 3.12. The van der Waals surface area contributed by atoms with Crippen LogP contribution in [-0.2, 0) is 14.3 Å². The molecule has 0 aromatic heterocycles. The third-order valence-corrected chi connectivity index (χ3v) is 6.25. The summed E-state index contributed by atoms with van der Waals surface area (Å²) < 4.78 is 5.24. The third-order valence-electron chi connectivity index (χ3n) is 6.25. The fourth-order valence-electron chi connectivity index (χ4n) is 4.49. The van der Waals surface area contributed by atoms with Gasteiger partial charge in [0.25, 0.3) is 0 Å². The van der Waals surface area contributed by atoms with Crippen LogP contribution >= 0.6 is 0 Å². The van der Waals surface area contributed by atoms with Crippen LogP contribution in [-0.4, -0.2) is 30.2 Å². The Morgan fingerprint density at radius 2 is 1.48 bits per heavy atom. The molecule has 1 fully saturated rings. The molecule has 1 aliphatic carbocycles. The highest BCUT2D eigenvalue weighted by Gasteiger charge is 2.47. The van der Waals surface area contributed by atoms with E-state index >= 15 is 0 Å². The molecular formula is C27H21NO5. The molecule has 0 radical (unpaired) electrons. The number of hydrogen-bond donors (Lipinski definition) is 0. The molecule has 0 spiro atoms. The van der Waals surface area contributed by atoms with Crippen molar-refractivity contribution >= 4 is 40.0 Å². The monoisotopic (exact) mass is 439 g/mol. The van der Waals surface area contributed by atoms with Crippen molar-refractivity contribution in [2.75, 3.05) is 11.5 Å². The van der Waals surface area contributed by atoms with E-state index in [2.05, 4.69) is 0 Å². The molecule has 5 rings (SSSR count). The summed E-state index contributed by atoms with van der Waals surface area (Å²) in [6, 6.07) is 19.2. The molecule has 2 atom stereocenters. The molecule has 164 valence electrons. The zero-order valence-corrected chi connectivity index (χ0v) is 17.8. The first-order chi connectivity index (χ1) is 16.0. The van der Waals surface area contributed by atoms with Gasteiger partial charge in [-0.1, -0.05) is 54.6 Å². The van der Waals surface area contributed by atoms with Crippen molar-refractivity contribution in [3.63, 3.8) is 0 Å². The minimum absolute atomic E-state index is 0.174. The zero-order valence-electron chi connectivity index (χ0n) is 17.8. The predicted octanol–water partition coefficient (Wildman–Crippen LogP) is 4.34. The molecule has 6 nitrogen and oxygen atoms in total. The van der Waals surface area contributed by atoms with Crippen molar-refractivity contribution in [1.29, 1.82) is 0 Å². The first kappa shape index (κ1) is 20.8. The van der Waals surface area contributed by atoms with Crippen LogP contribution in [0.25, 0.3) is 10.8 Å². The minimum atomic E-state index is -0.691. The molecule has 0 saturated carbocycles. The van der Waals surface area contributed by atoms with E-state index in [0.29, 0.717) is 24.1 Å². The Morgan fingerprint density at radius 1 is 0.788 bits per heavy atom. The van der Waals surface area contributed by atoms with Crippen molar-refractivity contribution in [1.82, 2.24) is 0 Å². The average molecular weight is 439 g/mol. The lowest BCUT2D eigenvalue weighted by Gasteiger charge is -2.15. The predicted molar refractivity (Wildman–Crippen MR) is 123 cm³/mol. The summed E-state index contributed by atoms with van der Waals surface area (Å²) in [6.07, 6.45) is 4.95. The van der Waals surface area contributed by atoms with Crippen molar-refractivity contribution in [3.05, 3.63) is 90.0 Å². The normalized spacial score (nSPS) is 19.6. The highest BCUT2D eigenvalue weighted by atomic mass is 16.5. The van der Waals surface area contributed by atoms with Gasteiger partial charge in [-0.15, -0.1) is 0 Å². The second-order valence-electron chi connectivity index (χ2n) is 8.28. The number of rotatable bonds is 5. The smallest absolute Gasteiger partial charge is 0.338 e. The Kier molecular flexibility index (Phi) is 5.34. The Bertz CT molecular complexity index is 1300. The van der Waals surface area contributed by atoms with Crippen LogP contribution < -0.4 is 4.90 Å². The molecule has 1 aliphatic heterocycles. The van der Waals surface area contributed by atoms with Gasteiger partial charge in [0.05, 0.1) is 23.1 Å². The lowest BCUT2D eigenvalue weighted by Crippen LogP contribution is -2.31. The fraction of sp³-hybridized carbons (Fsp3) is 0.185. The summed E-state index contributed by atoms with van der Waals surface area (Å²) in [4.78, 5) is 51.9. The number of ketones is 1. The second kappa shape index (κ2) is 8.47. The van der Waals surface area contributed by atoms with Crippen LogP contribution in [0.4, 0.5) is 5.69 Å². The molecule has 1 heterocycles. The SMILES string of the molecule is O=C(COC(=O)c1cccc(N2C(=O)[C@H]3CC=CC[C@H]3C2=O)c1)c1ccc2ccccc2c1. The molecule has 0 unspecified atom stereocenters. The summed E-state index contributed by atoms with van der Waals surface area (Å²) in [7, 11) is 0. The quantitative estimate of drug-likeness (QED) is 0.256. The number of anilines is 1. The summed E-state index contributed by atoms with van der Waals surface area (Å²) >= 11 is 0. The topological polar surface area (TPSA) is 80.8 Å². The Balaban J connectivity index is 1.29. The fourth-order valence-corrected chi connectivity index (χ4v) is 4.49. The van der Waals surface area contributed by atoms with E-state index in [1.165, 1.54) is 17.0 Å². The Hall–Kier alpha value is -4.06. The Labute approximate surface area is 190 Å². The van der Waals surface area contributed by atoms with Crippen LogP contribution in [0.1, 0.15) is 33.6 Å². The molecule has 3 aromatic rings. The number of Topliss-reactive ketones (excluding diaryl/α,β-unsaturated/α-hetero) is 1. The first-order valence-electron chi connectivity index (χ1n) is 10.8. The van der Waals surface area contributed by atoms with Crippen LogP contribution in [0, 0.1) is 11.8 Å². The number of carbonyl (C=O) groups excluding carboxylic acids is 4. The van der Waals surface area contributed by atoms with Crippen LogP contribution in [0.5, 0.6) is 0 Å². The molecule has 33 heavy (non-hydrogen) atoms. The maximum Gasteiger partial charge on any atom is 0.338 e. The molecule has 2 aliphatic rings. The van der Waals surface area contributed by atoms with E-state index in [1.807, 2.05) is 42.5 Å². The van der Waals surface area contributed by atoms with Gasteiger partial charge in [-0.05, 0) is 47.9 Å². The molecule has 1 saturated heterocycles. The highest BCUT2D eigenvalue weighted by molar-refractivity contribution is 6.22. The van der Waals surface area contributed by atoms with Gasteiger partial charge >= 0.3 is 5.97 Å². The van der Waals surface area contributed by atoms with E-state index in [0.717, 1.165) is 10.8 Å². The molecule has 6 heteroatoms. The maximum atomic E-state index is 12.8.